The molecule has 12 rings (SSSR count). The summed E-state index contributed by atoms with van der Waals surface area (Å²) in [5.41, 5.74) is 15.4. The van der Waals surface area contributed by atoms with Crippen molar-refractivity contribution in [1.29, 1.82) is 0 Å². The Kier molecular flexibility index (Phi) is 6.02. The monoisotopic (exact) mass is 686 g/mol. The number of hydrogen-bond donors (Lipinski definition) is 0. The molecule has 4 heterocycles. The second kappa shape index (κ2) is 11.1. The first kappa shape index (κ1) is 29.3. The lowest BCUT2D eigenvalue weighted by atomic mass is 10.0. The van der Waals surface area contributed by atoms with Gasteiger partial charge in [0.25, 0.3) is 0 Å². The summed E-state index contributed by atoms with van der Waals surface area (Å²) in [6.07, 6.45) is 5.89. The zero-order chi connectivity index (χ0) is 35.3. The Labute approximate surface area is 310 Å². The van der Waals surface area contributed by atoms with Crippen molar-refractivity contribution >= 4 is 54.4 Å². The minimum Gasteiger partial charge on any atom is -0.309 e. The van der Waals surface area contributed by atoms with Gasteiger partial charge in [-0.25, -0.2) is 4.98 Å². The summed E-state index contributed by atoms with van der Waals surface area (Å²) in [5, 5.41) is 7.29. The van der Waals surface area contributed by atoms with Gasteiger partial charge in [-0.2, -0.15) is 0 Å². The van der Waals surface area contributed by atoms with Crippen molar-refractivity contribution < 1.29 is 0 Å². The summed E-state index contributed by atoms with van der Waals surface area (Å²) < 4.78 is 4.75. The van der Waals surface area contributed by atoms with E-state index in [0.717, 1.165) is 27.9 Å². The molecule has 0 saturated heterocycles. The van der Waals surface area contributed by atoms with Crippen molar-refractivity contribution in [3.05, 3.63) is 182 Å². The maximum Gasteiger partial charge on any atom is 0.145 e. The van der Waals surface area contributed by atoms with E-state index in [1.54, 1.807) is 0 Å². The van der Waals surface area contributed by atoms with Crippen LogP contribution < -0.4 is 0 Å². The number of hydrogen-bond acceptors (Lipinski definition) is 2. The molecule has 0 bridgehead atoms. The number of rotatable bonds is 4. The van der Waals surface area contributed by atoms with Crippen molar-refractivity contribution in [3.63, 3.8) is 0 Å². The molecule has 0 spiro atoms. The molecule has 0 N–H and O–H groups in total. The van der Waals surface area contributed by atoms with Gasteiger partial charge in [0.1, 0.15) is 5.82 Å². The number of nitrogens with zero attached hydrogens (tertiary/aromatic N) is 4. The lowest BCUT2D eigenvalue weighted by Gasteiger charge is -2.12. The van der Waals surface area contributed by atoms with Gasteiger partial charge in [-0.15, -0.1) is 0 Å². The first-order chi connectivity index (χ1) is 26.8. The van der Waals surface area contributed by atoms with Crippen molar-refractivity contribution in [2.75, 3.05) is 0 Å². The van der Waals surface area contributed by atoms with Gasteiger partial charge in [0.05, 0.1) is 22.1 Å². The zero-order valence-electron chi connectivity index (χ0n) is 29.1. The van der Waals surface area contributed by atoms with Crippen LogP contribution in [0.2, 0.25) is 0 Å². The van der Waals surface area contributed by atoms with Crippen LogP contribution in [-0.4, -0.2) is 19.1 Å². The van der Waals surface area contributed by atoms with Crippen LogP contribution in [0.1, 0.15) is 0 Å². The van der Waals surface area contributed by atoms with Crippen LogP contribution >= 0.6 is 0 Å². The van der Waals surface area contributed by atoms with E-state index in [4.69, 9.17) is 4.98 Å². The Morgan fingerprint density at radius 3 is 1.74 bits per heavy atom. The summed E-state index contributed by atoms with van der Waals surface area (Å²) in [7, 11) is 0. The molecule has 54 heavy (non-hydrogen) atoms. The van der Waals surface area contributed by atoms with Gasteiger partial charge in [0.2, 0.25) is 0 Å². The van der Waals surface area contributed by atoms with Crippen LogP contribution in [0.25, 0.3) is 110 Å². The second-order valence-corrected chi connectivity index (χ2v) is 14.2. The highest BCUT2D eigenvalue weighted by molar-refractivity contribution is 6.18. The number of fused-ring (bicyclic) bond motifs is 9. The van der Waals surface area contributed by atoms with Crippen LogP contribution in [0.3, 0.4) is 0 Å². The van der Waals surface area contributed by atoms with E-state index >= 15 is 0 Å². The fourth-order valence-electron chi connectivity index (χ4n) is 9.01. The van der Waals surface area contributed by atoms with E-state index in [-0.39, 0.29) is 0 Å². The van der Waals surface area contributed by atoms with E-state index in [9.17, 15) is 0 Å². The summed E-state index contributed by atoms with van der Waals surface area (Å²) in [5.74, 6) is 0.945. The van der Waals surface area contributed by atoms with Gasteiger partial charge < -0.3 is 4.57 Å². The summed E-state index contributed by atoms with van der Waals surface area (Å²) in [4.78, 5) is 9.63. The fourth-order valence-corrected chi connectivity index (χ4v) is 9.01. The molecule has 11 aromatic rings. The predicted molar refractivity (Wildman–Crippen MR) is 224 cm³/mol. The Balaban J connectivity index is 1.03. The quantitative estimate of drug-likeness (QED) is 0.185. The van der Waals surface area contributed by atoms with E-state index in [1.807, 2.05) is 18.6 Å². The third-order valence-electron chi connectivity index (χ3n) is 11.4. The highest BCUT2D eigenvalue weighted by Crippen LogP contribution is 2.48. The van der Waals surface area contributed by atoms with Crippen molar-refractivity contribution in [1.82, 2.24) is 19.1 Å². The van der Waals surface area contributed by atoms with Gasteiger partial charge >= 0.3 is 0 Å². The van der Waals surface area contributed by atoms with Gasteiger partial charge in [-0.05, 0) is 88.0 Å². The molecule has 4 heteroatoms. The number of para-hydroxylation sites is 2. The molecule has 4 nitrogen and oxygen atoms in total. The van der Waals surface area contributed by atoms with E-state index in [2.05, 4.69) is 178 Å². The highest BCUT2D eigenvalue weighted by atomic mass is 15.1. The first-order valence-corrected chi connectivity index (χ1v) is 18.4. The largest absolute Gasteiger partial charge is 0.309 e. The normalized spacial score (nSPS) is 12.1. The molecular formula is C50H30N4. The molecule has 4 aromatic heterocycles. The minimum absolute atomic E-state index is 0.945. The molecule has 250 valence electrons. The van der Waals surface area contributed by atoms with Gasteiger partial charge in [-0.3, -0.25) is 9.55 Å². The van der Waals surface area contributed by atoms with Crippen molar-refractivity contribution in [3.8, 4) is 56.0 Å². The summed E-state index contributed by atoms with van der Waals surface area (Å²) in [6, 6.07) is 59.4. The molecule has 0 unspecified atom stereocenters. The molecule has 7 aromatic carbocycles. The van der Waals surface area contributed by atoms with Crippen LogP contribution in [0.4, 0.5) is 0 Å². The van der Waals surface area contributed by atoms with Crippen LogP contribution in [0, 0.1) is 0 Å². The van der Waals surface area contributed by atoms with Crippen LogP contribution in [0.5, 0.6) is 0 Å². The molecular weight excluding hydrogens is 657 g/mol. The van der Waals surface area contributed by atoms with Crippen LogP contribution in [0.15, 0.2) is 182 Å². The first-order valence-electron chi connectivity index (χ1n) is 18.4. The zero-order valence-corrected chi connectivity index (χ0v) is 29.1. The predicted octanol–water partition coefficient (Wildman–Crippen LogP) is 12.8. The van der Waals surface area contributed by atoms with E-state index < -0.39 is 0 Å². The Hall–Kier alpha value is -7.30. The number of benzene rings is 7. The number of aromatic nitrogens is 4. The van der Waals surface area contributed by atoms with Crippen LogP contribution in [-0.2, 0) is 0 Å². The smallest absolute Gasteiger partial charge is 0.145 e. The molecule has 0 atom stereocenters. The lowest BCUT2D eigenvalue weighted by Crippen LogP contribution is -1.99. The Bertz CT molecular complexity index is 3300. The van der Waals surface area contributed by atoms with Crippen molar-refractivity contribution in [2.45, 2.75) is 0 Å². The molecule has 0 aliphatic heterocycles. The van der Waals surface area contributed by atoms with E-state index in [0.29, 0.717) is 0 Å². The topological polar surface area (TPSA) is 35.6 Å². The Morgan fingerprint density at radius 2 is 0.963 bits per heavy atom. The second-order valence-electron chi connectivity index (χ2n) is 14.2. The molecule has 0 fully saturated rings. The third-order valence-corrected chi connectivity index (χ3v) is 11.4. The molecule has 0 amide bonds. The maximum atomic E-state index is 5.19. The van der Waals surface area contributed by atoms with Gasteiger partial charge in [0.15, 0.2) is 0 Å². The average molecular weight is 687 g/mol. The standard InChI is InChI=1S/C50H30N4/c1-2-10-31(11-3-1)32-12-8-13-35(26-32)53-45-18-6-4-14-37(45)41-27-33(20-22-47(41)53)34-21-23-48-42(28-34)38-15-5-7-19-46(38)54(48)50-40-17-9-16-39-43-29-51-25-24-36(43)44(30-52-50)49(39)40/h1-30H. The molecule has 1 aliphatic carbocycles. The van der Waals surface area contributed by atoms with Gasteiger partial charge in [-0.1, -0.05) is 109 Å². The van der Waals surface area contributed by atoms with Gasteiger partial charge in [0, 0.05) is 67.7 Å². The maximum absolute atomic E-state index is 5.19. The summed E-state index contributed by atoms with van der Waals surface area (Å²) in [6.45, 7) is 0. The SMILES string of the molecule is c1ccc(-c2cccc(-n3c4ccccc4c4cc(-c5ccc6c(c5)c5ccccc5n6-c5ncc6c7c(cccc57)-c5cnccc5-6)ccc43)c2)cc1. The highest BCUT2D eigenvalue weighted by Gasteiger charge is 2.25. The average Bonchev–Trinajstić information content (AvgIpc) is 3.87. The molecule has 0 radical (unpaired) electrons. The summed E-state index contributed by atoms with van der Waals surface area (Å²) >= 11 is 0. The minimum atomic E-state index is 0.945. The third kappa shape index (κ3) is 4.08. The fraction of sp³-hybridized carbons (Fsp3) is 0. The van der Waals surface area contributed by atoms with E-state index in [1.165, 1.54) is 82.5 Å². The lowest BCUT2D eigenvalue weighted by molar-refractivity contribution is 1.10. The number of pyridine rings is 2. The van der Waals surface area contributed by atoms with Crippen molar-refractivity contribution in [2.24, 2.45) is 0 Å². The molecule has 0 saturated carbocycles. The Morgan fingerprint density at radius 1 is 0.352 bits per heavy atom. The molecule has 1 aliphatic rings.